The molecule has 1 aliphatic rings. The third-order valence-electron chi connectivity index (χ3n) is 7.55. The second-order valence-electron chi connectivity index (χ2n) is 10.6. The smallest absolute Gasteiger partial charge is 0.274 e. The standard InChI is InChI=1S/C33H37N3O4/c1-3-34-33(39)31-30(25-13-11-24(12-14-25)21-36-16-5-4-6-17-36)32(40-35-31)27-19-26(28(37)20-29(27)38)15-10-23-9-7-8-22(2)18-23/h7-9,11-14,18-20,37-38H,3-6,10,15-17,21H2,1-2H3,(H,34,39). The monoisotopic (exact) mass is 539 g/mol. The van der Waals surface area contributed by atoms with E-state index in [0.717, 1.165) is 37.2 Å². The minimum Gasteiger partial charge on any atom is -0.508 e. The lowest BCUT2D eigenvalue weighted by Gasteiger charge is -2.26. The van der Waals surface area contributed by atoms with Crippen LogP contribution in [0.5, 0.6) is 11.5 Å². The molecule has 5 rings (SSSR count). The first-order valence-corrected chi connectivity index (χ1v) is 14.1. The van der Waals surface area contributed by atoms with Crippen molar-refractivity contribution < 1.29 is 19.5 Å². The summed E-state index contributed by atoms with van der Waals surface area (Å²) in [5.41, 5.74) is 6.05. The van der Waals surface area contributed by atoms with Crippen LogP contribution in [0.2, 0.25) is 0 Å². The number of aromatic nitrogens is 1. The Bertz CT molecular complexity index is 1470. The molecule has 2 heterocycles. The minimum atomic E-state index is -0.345. The average Bonchev–Trinajstić information content (AvgIpc) is 3.39. The molecule has 4 aromatic rings. The zero-order valence-electron chi connectivity index (χ0n) is 23.2. The number of hydrogen-bond donors (Lipinski definition) is 3. The van der Waals surface area contributed by atoms with E-state index in [1.807, 2.05) is 25.1 Å². The maximum atomic E-state index is 13.0. The number of aryl methyl sites for hydroxylation is 3. The average molecular weight is 540 g/mol. The van der Waals surface area contributed by atoms with Crippen LogP contribution in [0.3, 0.4) is 0 Å². The normalized spacial score (nSPS) is 13.8. The molecule has 0 radical (unpaired) electrons. The minimum absolute atomic E-state index is 0.0148. The Morgan fingerprint density at radius 3 is 2.45 bits per heavy atom. The topological polar surface area (TPSA) is 98.8 Å². The van der Waals surface area contributed by atoms with Crippen LogP contribution in [0, 0.1) is 6.92 Å². The number of aromatic hydroxyl groups is 2. The van der Waals surface area contributed by atoms with Crippen LogP contribution in [0.15, 0.2) is 65.2 Å². The molecule has 208 valence electrons. The Kier molecular flexibility index (Phi) is 8.51. The molecule has 1 fully saturated rings. The molecular weight excluding hydrogens is 502 g/mol. The van der Waals surface area contributed by atoms with Gasteiger partial charge in [-0.3, -0.25) is 9.69 Å². The van der Waals surface area contributed by atoms with Crippen molar-refractivity contribution in [2.45, 2.75) is 52.5 Å². The van der Waals surface area contributed by atoms with E-state index >= 15 is 0 Å². The second-order valence-corrected chi connectivity index (χ2v) is 10.6. The van der Waals surface area contributed by atoms with Crippen molar-refractivity contribution in [3.05, 3.63) is 88.6 Å². The molecule has 0 aliphatic carbocycles. The zero-order chi connectivity index (χ0) is 28.1. The third kappa shape index (κ3) is 6.20. The summed E-state index contributed by atoms with van der Waals surface area (Å²) in [5.74, 6) is -0.179. The van der Waals surface area contributed by atoms with Gasteiger partial charge in [0, 0.05) is 19.2 Å². The highest BCUT2D eigenvalue weighted by Gasteiger charge is 2.26. The lowest BCUT2D eigenvalue weighted by atomic mass is 9.95. The molecule has 0 saturated carbocycles. The van der Waals surface area contributed by atoms with Crippen molar-refractivity contribution in [3.63, 3.8) is 0 Å². The van der Waals surface area contributed by atoms with Crippen LogP contribution in [0.25, 0.3) is 22.5 Å². The van der Waals surface area contributed by atoms with Gasteiger partial charge in [-0.2, -0.15) is 0 Å². The van der Waals surface area contributed by atoms with Gasteiger partial charge in [-0.05, 0) is 80.9 Å². The van der Waals surface area contributed by atoms with Gasteiger partial charge in [0.25, 0.3) is 5.91 Å². The van der Waals surface area contributed by atoms with E-state index in [2.05, 4.69) is 52.6 Å². The van der Waals surface area contributed by atoms with Crippen molar-refractivity contribution in [2.24, 2.45) is 0 Å². The van der Waals surface area contributed by atoms with Crippen LogP contribution in [0.4, 0.5) is 0 Å². The summed E-state index contributed by atoms with van der Waals surface area (Å²) in [7, 11) is 0. The van der Waals surface area contributed by atoms with Crippen molar-refractivity contribution in [2.75, 3.05) is 19.6 Å². The van der Waals surface area contributed by atoms with Gasteiger partial charge in [-0.15, -0.1) is 0 Å². The van der Waals surface area contributed by atoms with Crippen molar-refractivity contribution >= 4 is 5.91 Å². The highest BCUT2D eigenvalue weighted by Crippen LogP contribution is 2.42. The van der Waals surface area contributed by atoms with Crippen molar-refractivity contribution in [3.8, 4) is 33.9 Å². The second kappa shape index (κ2) is 12.4. The molecule has 7 heteroatoms. The molecule has 0 unspecified atom stereocenters. The van der Waals surface area contributed by atoms with E-state index in [0.29, 0.717) is 35.4 Å². The molecule has 1 amide bonds. The fourth-order valence-electron chi connectivity index (χ4n) is 5.44. The Morgan fingerprint density at radius 2 is 1.73 bits per heavy atom. The van der Waals surface area contributed by atoms with Gasteiger partial charge >= 0.3 is 0 Å². The quantitative estimate of drug-likeness (QED) is 0.233. The van der Waals surface area contributed by atoms with Gasteiger partial charge < -0.3 is 20.1 Å². The van der Waals surface area contributed by atoms with E-state index in [9.17, 15) is 15.0 Å². The molecule has 3 aromatic carbocycles. The number of phenolic OH excluding ortho intramolecular Hbond substituents is 2. The molecule has 40 heavy (non-hydrogen) atoms. The van der Waals surface area contributed by atoms with Gasteiger partial charge in [0.2, 0.25) is 0 Å². The molecular formula is C33H37N3O4. The van der Waals surface area contributed by atoms with Crippen LogP contribution in [-0.4, -0.2) is 45.8 Å². The van der Waals surface area contributed by atoms with Gasteiger partial charge in [-0.1, -0.05) is 65.7 Å². The lowest BCUT2D eigenvalue weighted by molar-refractivity contribution is 0.0947. The van der Waals surface area contributed by atoms with Gasteiger partial charge in [-0.25, -0.2) is 0 Å². The molecule has 1 aliphatic heterocycles. The van der Waals surface area contributed by atoms with Crippen LogP contribution in [0.1, 0.15) is 58.9 Å². The highest BCUT2D eigenvalue weighted by atomic mass is 16.5. The van der Waals surface area contributed by atoms with Crippen LogP contribution < -0.4 is 5.32 Å². The number of amides is 1. The number of phenols is 2. The number of carbonyl (C=O) groups excluding carboxylic acids is 1. The number of piperidine rings is 1. The molecule has 3 N–H and O–H groups in total. The molecule has 0 atom stereocenters. The summed E-state index contributed by atoms with van der Waals surface area (Å²) in [6, 6.07) is 19.4. The summed E-state index contributed by atoms with van der Waals surface area (Å²) >= 11 is 0. The number of nitrogens with zero attached hydrogens (tertiary/aromatic N) is 2. The molecule has 7 nitrogen and oxygen atoms in total. The molecule has 0 bridgehead atoms. The van der Waals surface area contributed by atoms with E-state index in [1.165, 1.54) is 36.5 Å². The number of benzene rings is 3. The van der Waals surface area contributed by atoms with Gasteiger partial charge in [0.1, 0.15) is 11.5 Å². The van der Waals surface area contributed by atoms with Crippen LogP contribution >= 0.6 is 0 Å². The summed E-state index contributed by atoms with van der Waals surface area (Å²) in [6.45, 7) is 7.47. The number of nitrogens with one attached hydrogen (secondary N) is 1. The SMILES string of the molecule is CCNC(=O)c1noc(-c2cc(CCc3cccc(C)c3)c(O)cc2O)c1-c1ccc(CN2CCCCC2)cc1. The first-order chi connectivity index (χ1) is 19.4. The largest absolute Gasteiger partial charge is 0.508 e. The molecule has 1 saturated heterocycles. The number of rotatable bonds is 9. The van der Waals surface area contributed by atoms with Crippen LogP contribution in [-0.2, 0) is 19.4 Å². The van der Waals surface area contributed by atoms with Crippen molar-refractivity contribution in [1.82, 2.24) is 15.4 Å². The van der Waals surface area contributed by atoms with E-state index in [4.69, 9.17) is 4.52 Å². The first-order valence-electron chi connectivity index (χ1n) is 14.1. The summed E-state index contributed by atoms with van der Waals surface area (Å²) in [4.78, 5) is 15.4. The van der Waals surface area contributed by atoms with E-state index in [1.54, 1.807) is 6.07 Å². The Hall–Kier alpha value is -4.10. The predicted molar refractivity (Wildman–Crippen MR) is 156 cm³/mol. The first kappa shape index (κ1) is 27.5. The molecule has 0 spiro atoms. The lowest BCUT2D eigenvalue weighted by Crippen LogP contribution is -2.29. The third-order valence-corrected chi connectivity index (χ3v) is 7.55. The van der Waals surface area contributed by atoms with E-state index in [-0.39, 0.29) is 23.1 Å². The Morgan fingerprint density at radius 1 is 0.950 bits per heavy atom. The predicted octanol–water partition coefficient (Wildman–Crippen LogP) is 6.25. The maximum Gasteiger partial charge on any atom is 0.274 e. The number of hydrogen-bond acceptors (Lipinski definition) is 6. The summed E-state index contributed by atoms with van der Waals surface area (Å²) in [6.07, 6.45) is 5.07. The number of likely N-dealkylation sites (tertiary alicyclic amines) is 1. The van der Waals surface area contributed by atoms with Gasteiger partial charge in [0.05, 0.1) is 11.1 Å². The zero-order valence-corrected chi connectivity index (χ0v) is 23.2. The van der Waals surface area contributed by atoms with E-state index < -0.39 is 0 Å². The maximum absolute atomic E-state index is 13.0. The van der Waals surface area contributed by atoms with Crippen molar-refractivity contribution in [1.29, 1.82) is 0 Å². The fourth-order valence-corrected chi connectivity index (χ4v) is 5.44. The van der Waals surface area contributed by atoms with Gasteiger partial charge in [0.15, 0.2) is 11.5 Å². The summed E-state index contributed by atoms with van der Waals surface area (Å²) in [5, 5.41) is 28.5. The Labute approximate surface area is 235 Å². The molecule has 1 aromatic heterocycles. The summed E-state index contributed by atoms with van der Waals surface area (Å²) < 4.78 is 5.75. The Balaban J connectivity index is 1.49. The number of carbonyl (C=O) groups is 1. The fraction of sp³-hybridized carbons (Fsp3) is 0.333. The highest BCUT2D eigenvalue weighted by molar-refractivity contribution is 6.02.